The van der Waals surface area contributed by atoms with Crippen molar-refractivity contribution < 1.29 is 28.9 Å². The van der Waals surface area contributed by atoms with E-state index in [1.54, 1.807) is 85.8 Å². The lowest BCUT2D eigenvalue weighted by atomic mass is 10.1. The molecule has 1 aliphatic rings. The average molecular weight is 1470 g/mol. The van der Waals surface area contributed by atoms with Gasteiger partial charge in [0.2, 0.25) is 0 Å². The van der Waals surface area contributed by atoms with Gasteiger partial charge >= 0.3 is 11.9 Å². The van der Waals surface area contributed by atoms with Gasteiger partial charge in [-0.2, -0.15) is 20.4 Å². The number of aromatic nitrogens is 12. The van der Waals surface area contributed by atoms with E-state index >= 15 is 0 Å². The number of aliphatic hydroxyl groups excluding tert-OH is 1. The van der Waals surface area contributed by atoms with Gasteiger partial charge in [0.25, 0.3) is 0 Å². The fraction of sp³-hybridized carbons (Fsp3) is 0.343. The van der Waals surface area contributed by atoms with Gasteiger partial charge in [0.15, 0.2) is 22.6 Å². The van der Waals surface area contributed by atoms with E-state index in [0.29, 0.717) is 22.5 Å². The van der Waals surface area contributed by atoms with Crippen LogP contribution in [-0.4, -0.2) is 126 Å². The molecular weight excluding hydrogens is 1370 g/mol. The molecular formula is C70H102BrIN12O6Si2. The number of methoxy groups -OCH3 is 2. The topological polar surface area (TPSA) is 203 Å². The number of nitrogens with zero attached hydrogens (tertiary/aromatic N) is 12. The van der Waals surface area contributed by atoms with Crippen LogP contribution in [0.15, 0.2) is 139 Å². The largest absolute Gasteiger partial charge is 0.465 e. The highest BCUT2D eigenvalue weighted by molar-refractivity contribution is 14.1. The number of hydrogen-bond donors (Lipinski definition) is 1. The number of benzene rings is 2. The first-order valence-corrected chi connectivity index (χ1v) is 34.5. The highest BCUT2D eigenvalue weighted by atomic mass is 127. The van der Waals surface area contributed by atoms with Gasteiger partial charge in [-0.25, -0.2) is 47.6 Å². The predicted molar refractivity (Wildman–Crippen MR) is 402 cm³/mol. The first-order valence-electron chi connectivity index (χ1n) is 25.6. The van der Waals surface area contributed by atoms with Crippen molar-refractivity contribution in [3.8, 4) is 47.6 Å². The van der Waals surface area contributed by atoms with Crippen LogP contribution in [0.2, 0.25) is 39.3 Å². The van der Waals surface area contributed by atoms with Crippen LogP contribution < -0.4 is 0 Å². The molecule has 500 valence electrons. The molecule has 1 aliphatic heterocycles. The summed E-state index contributed by atoms with van der Waals surface area (Å²) in [6.07, 6.45) is 26.5. The summed E-state index contributed by atoms with van der Waals surface area (Å²) in [5, 5.41) is 23.5. The Morgan fingerprint density at radius 1 is 0.543 bits per heavy atom. The van der Waals surface area contributed by atoms with Crippen molar-refractivity contribution in [1.29, 1.82) is 0 Å². The van der Waals surface area contributed by atoms with E-state index in [0.717, 1.165) is 67.9 Å². The Bertz CT molecular complexity index is 3930. The molecule has 0 bridgehead atoms. The zero-order valence-corrected chi connectivity index (χ0v) is 54.0. The number of esters is 2. The van der Waals surface area contributed by atoms with E-state index in [-0.39, 0.29) is 78.8 Å². The normalized spacial score (nSPS) is 9.83. The molecule has 8 aromatic heterocycles. The van der Waals surface area contributed by atoms with Crippen molar-refractivity contribution in [1.82, 2.24) is 58.4 Å². The molecule has 0 aliphatic carbocycles. The third kappa shape index (κ3) is 31.1. The van der Waals surface area contributed by atoms with Gasteiger partial charge in [-0.3, -0.25) is 0 Å². The van der Waals surface area contributed by atoms with E-state index < -0.39 is 16.1 Å². The SMILES string of the molecule is Brc1cnc2cccnn12.C.C.C.C.C.C.C.C.C.C#C[Si](C)(C)C.C#Cc1cnc2cccnn12.C1CCOC1.CO.COC(=O)c1ccc(C)c(C#Cc2cnc3cccnn23)c1.COC(=O)c1ccc(C)c(I)c1.C[Si](C)(C)C#Cc1cnc2cccnn12. The molecule has 0 unspecified atom stereocenters. The number of imidazole rings is 4. The number of rotatable bonds is 2. The fourth-order valence-electron chi connectivity index (χ4n) is 6.29. The van der Waals surface area contributed by atoms with Crippen molar-refractivity contribution in [2.75, 3.05) is 34.5 Å². The number of carbonyl (C=O) groups excluding carboxylic acids is 2. The maximum atomic E-state index is 11.6. The molecule has 0 radical (unpaired) electrons. The smallest absolute Gasteiger partial charge is 0.337 e. The van der Waals surface area contributed by atoms with Gasteiger partial charge in [-0.1, -0.05) is 130 Å². The van der Waals surface area contributed by atoms with Gasteiger partial charge < -0.3 is 19.3 Å². The number of aliphatic hydroxyl groups is 1. The van der Waals surface area contributed by atoms with E-state index in [4.69, 9.17) is 27.4 Å². The summed E-state index contributed by atoms with van der Waals surface area (Å²) >= 11 is 5.50. The van der Waals surface area contributed by atoms with Crippen molar-refractivity contribution >= 4 is 89.2 Å². The molecule has 1 N–H and O–H groups in total. The van der Waals surface area contributed by atoms with Crippen LogP contribution >= 0.6 is 38.5 Å². The Labute approximate surface area is 575 Å². The van der Waals surface area contributed by atoms with E-state index in [9.17, 15) is 9.59 Å². The lowest BCUT2D eigenvalue weighted by Crippen LogP contribution is -2.16. The minimum atomic E-state index is -1.33. The van der Waals surface area contributed by atoms with Crippen LogP contribution in [0.4, 0.5) is 0 Å². The summed E-state index contributed by atoms with van der Waals surface area (Å²) in [7, 11) is 1.31. The monoisotopic (exact) mass is 1470 g/mol. The van der Waals surface area contributed by atoms with Gasteiger partial charge in [0.05, 0.1) is 50.1 Å². The van der Waals surface area contributed by atoms with Gasteiger partial charge in [0.1, 0.15) is 37.8 Å². The highest BCUT2D eigenvalue weighted by Crippen LogP contribution is 2.15. The molecule has 0 spiro atoms. The molecule has 18 nitrogen and oxygen atoms in total. The molecule has 1 fully saturated rings. The summed E-state index contributed by atoms with van der Waals surface area (Å²) in [5.41, 5.74) is 15.5. The van der Waals surface area contributed by atoms with Crippen molar-refractivity contribution in [3.05, 3.63) is 188 Å². The van der Waals surface area contributed by atoms with Gasteiger partial charge in [-0.05, 0) is 161 Å². The number of hydrogen-bond acceptors (Lipinski definition) is 14. The van der Waals surface area contributed by atoms with E-state index in [2.05, 4.69) is 158 Å². The summed E-state index contributed by atoms with van der Waals surface area (Å²) in [4.78, 5) is 39.2. The molecule has 0 atom stereocenters. The number of halogens is 2. The molecule has 11 rings (SSSR count). The Balaban J connectivity index is -0.000000239. The second kappa shape index (κ2) is 48.5. The number of carbonyl (C=O) groups is 2. The van der Waals surface area contributed by atoms with Crippen molar-refractivity contribution in [3.63, 3.8) is 0 Å². The summed E-state index contributed by atoms with van der Waals surface area (Å²) in [5.74, 6) is 11.1. The second-order valence-electron chi connectivity index (χ2n) is 19.3. The molecule has 9 heterocycles. The number of aryl methyl sites for hydroxylation is 2. The Hall–Kier alpha value is -8.34. The van der Waals surface area contributed by atoms with Crippen LogP contribution in [0, 0.1) is 65.0 Å². The number of ether oxygens (including phenoxy) is 3. The zero-order chi connectivity index (χ0) is 61.0. The third-order valence-corrected chi connectivity index (χ3v) is 14.1. The number of fused-ring (bicyclic) bond motifs is 4. The maximum Gasteiger partial charge on any atom is 0.337 e. The van der Waals surface area contributed by atoms with E-state index in [1.165, 1.54) is 32.6 Å². The van der Waals surface area contributed by atoms with Gasteiger partial charge in [-0.15, -0.1) is 23.9 Å². The highest BCUT2D eigenvalue weighted by Gasteiger charge is 2.10. The minimum Gasteiger partial charge on any atom is -0.465 e. The maximum absolute atomic E-state index is 11.6. The van der Waals surface area contributed by atoms with Crippen LogP contribution in [-0.2, 0) is 14.2 Å². The molecule has 0 amide bonds. The Morgan fingerprint density at radius 2 is 0.913 bits per heavy atom. The first kappa shape index (κ1) is 94.8. The molecule has 0 saturated carbocycles. The molecule has 22 heteroatoms. The Morgan fingerprint density at radius 3 is 1.28 bits per heavy atom. The third-order valence-electron chi connectivity index (χ3n) is 10.6. The van der Waals surface area contributed by atoms with Gasteiger partial charge in [0, 0.05) is 54.2 Å². The lowest BCUT2D eigenvalue weighted by Gasteiger charge is -2.02. The quantitative estimate of drug-likeness (QED) is 0.0741. The van der Waals surface area contributed by atoms with Crippen molar-refractivity contribution in [2.24, 2.45) is 0 Å². The van der Waals surface area contributed by atoms with Crippen molar-refractivity contribution in [2.45, 2.75) is 133 Å². The fourth-order valence-corrected chi connectivity index (χ4v) is 7.68. The minimum absolute atomic E-state index is 0. The predicted octanol–water partition coefficient (Wildman–Crippen LogP) is 16.4. The molecule has 92 heavy (non-hydrogen) atoms. The average Bonchev–Trinajstić information content (AvgIpc) is 1.94. The van der Waals surface area contributed by atoms with Crippen LogP contribution in [0.3, 0.4) is 0 Å². The molecule has 2 aromatic carbocycles. The van der Waals surface area contributed by atoms with Crippen LogP contribution in [0.25, 0.3) is 22.6 Å². The number of terminal acetylenes is 2. The summed E-state index contributed by atoms with van der Waals surface area (Å²) in [6, 6.07) is 25.7. The second-order valence-corrected chi connectivity index (χ2v) is 30.8. The van der Waals surface area contributed by atoms with E-state index in [1.807, 2.05) is 80.6 Å². The zero-order valence-electron chi connectivity index (χ0n) is 48.3. The standard InChI is InChI=1S/C17H13N3O2.C11H13N3Si.C9H9IO2.C8H5N3.C6H4BrN3.C5H10Si.C4H8O.CH4O.9CH4/c1-12-5-6-14(17(21)22-2)10-13(12)7-8-15-11-18-16-4-3-9-19-20(15)16;1-15(2,3)8-6-10-9-12-11-5-4-7-13-14(10)11;1-6-3-4-7(5-8(6)10)9(11)12-2;1-2-7-6-9-8-4-3-5-10-11(7)8;7-5-4-8-6-2-1-3-9-10(5)6;1-5-6(2,3)4;1-2-4-5-3-1;1-2;;;;;;;;;/h3-6,9-11H,1-2H3;4-5,7,9H,1-3H3;3-5H,1-2H3;1,3-6H;1-4H;1H,2-4H3;1-4H2;2H,1H3;9*1H4. The van der Waals surface area contributed by atoms with Crippen LogP contribution in [0.1, 0.15) is 134 Å². The lowest BCUT2D eigenvalue weighted by molar-refractivity contribution is 0.0592. The molecule has 1 saturated heterocycles. The Kier molecular flexibility index (Phi) is 49.9. The molecule has 10 aromatic rings. The first-order chi connectivity index (χ1) is 39.7. The van der Waals surface area contributed by atoms with Crippen LogP contribution in [0.5, 0.6) is 0 Å². The summed E-state index contributed by atoms with van der Waals surface area (Å²) < 4.78 is 23.0. The summed E-state index contributed by atoms with van der Waals surface area (Å²) in [6.45, 7) is 19.0.